The highest BCUT2D eigenvalue weighted by Crippen LogP contribution is 1.86. The molecule has 0 atom stereocenters. The van der Waals surface area contributed by atoms with Crippen LogP contribution in [0.3, 0.4) is 0 Å². The van der Waals surface area contributed by atoms with E-state index in [1.54, 1.807) is 13.1 Å². The molecule has 0 N–H and O–H groups in total. The number of allylic oxidation sites excluding steroid dienone is 1. The molecule has 1 heterocycles. The van der Waals surface area contributed by atoms with Crippen molar-refractivity contribution < 1.29 is 0 Å². The van der Waals surface area contributed by atoms with Crippen molar-refractivity contribution in [3.8, 4) is 11.8 Å². The van der Waals surface area contributed by atoms with E-state index in [2.05, 4.69) is 35.0 Å². The van der Waals surface area contributed by atoms with Crippen LogP contribution in [0.4, 0.5) is 0 Å². The highest BCUT2D eigenvalue weighted by Gasteiger charge is 1.88. The summed E-state index contributed by atoms with van der Waals surface area (Å²) in [5.41, 5.74) is 0.741. The number of rotatable bonds is 1. The second-order valence-electron chi connectivity index (χ2n) is 2.86. The summed E-state index contributed by atoms with van der Waals surface area (Å²) in [6, 6.07) is 0. The smallest absolute Gasteiger partial charge is 0.125 e. The number of aromatic nitrogens is 2. The van der Waals surface area contributed by atoms with Crippen LogP contribution in [0.25, 0.3) is 12.7 Å². The van der Waals surface area contributed by atoms with E-state index in [1.807, 2.05) is 26.8 Å². The first-order valence-corrected chi connectivity index (χ1v) is 5.25. The monoisotopic (exact) mass is 214 g/mol. The average Bonchev–Trinajstić information content (AvgIpc) is 2.26. The summed E-state index contributed by atoms with van der Waals surface area (Å²) >= 11 is 0. The van der Waals surface area contributed by atoms with Gasteiger partial charge in [0.15, 0.2) is 0 Å². The Kier molecular flexibility index (Phi) is 6.55. The van der Waals surface area contributed by atoms with E-state index >= 15 is 0 Å². The predicted molar refractivity (Wildman–Crippen MR) is 69.9 cm³/mol. The minimum Gasteiger partial charge on any atom is -0.241 e. The van der Waals surface area contributed by atoms with Crippen LogP contribution in [0, 0.1) is 18.8 Å². The van der Waals surface area contributed by atoms with E-state index in [0.29, 0.717) is 5.35 Å². The highest BCUT2D eigenvalue weighted by molar-refractivity contribution is 5.54. The lowest BCUT2D eigenvalue weighted by molar-refractivity contribution is 1.01. The summed E-state index contributed by atoms with van der Waals surface area (Å²) < 4.78 is 0. The maximum Gasteiger partial charge on any atom is 0.125 e. The second-order valence-corrected chi connectivity index (χ2v) is 2.86. The van der Waals surface area contributed by atoms with Gasteiger partial charge in [-0.15, -0.1) is 5.92 Å². The van der Waals surface area contributed by atoms with Gasteiger partial charge in [-0.25, -0.2) is 9.97 Å². The maximum atomic E-state index is 4.14. The van der Waals surface area contributed by atoms with E-state index in [1.165, 1.54) is 0 Å². The topological polar surface area (TPSA) is 25.8 Å². The first kappa shape index (κ1) is 14.1. The van der Waals surface area contributed by atoms with Gasteiger partial charge in [-0.05, 0) is 19.9 Å². The Hall–Kier alpha value is -1.88. The van der Waals surface area contributed by atoms with Crippen molar-refractivity contribution in [1.82, 2.24) is 9.97 Å². The molecule has 1 aromatic heterocycles. The number of aryl methyl sites for hydroxylation is 1. The first-order valence-electron chi connectivity index (χ1n) is 5.25. The molecular weight excluding hydrogens is 196 g/mol. The molecule has 84 valence electrons. The fourth-order valence-corrected chi connectivity index (χ4v) is 1.03. The molecule has 2 nitrogen and oxygen atoms in total. The fourth-order valence-electron chi connectivity index (χ4n) is 1.03. The summed E-state index contributed by atoms with van der Waals surface area (Å²) in [6.45, 7) is 15.2. The third-order valence-corrected chi connectivity index (χ3v) is 1.64. The van der Waals surface area contributed by atoms with Gasteiger partial charge >= 0.3 is 0 Å². The molecule has 0 aromatic carbocycles. The van der Waals surface area contributed by atoms with Crippen molar-refractivity contribution in [2.45, 2.75) is 27.7 Å². The normalized spacial score (nSPS) is 9.62. The standard InChI is InChI=1S/C12H12N2.C2H6/c1-5-6-9(2)7-12-8-13-11(4)14-10(12)3;1-2/h7-8H,2-3H2,1,4H3;1-2H3/b12-7-;. The second kappa shape index (κ2) is 7.42. The van der Waals surface area contributed by atoms with E-state index in [9.17, 15) is 0 Å². The maximum absolute atomic E-state index is 4.14. The van der Waals surface area contributed by atoms with Gasteiger partial charge in [0.05, 0.1) is 5.35 Å². The van der Waals surface area contributed by atoms with Crippen molar-refractivity contribution in [2.75, 3.05) is 0 Å². The third-order valence-electron chi connectivity index (χ3n) is 1.64. The molecule has 0 bridgehead atoms. The minimum atomic E-state index is 0.705. The van der Waals surface area contributed by atoms with Crippen LogP contribution in [0.15, 0.2) is 18.3 Å². The zero-order valence-electron chi connectivity index (χ0n) is 10.5. The Bertz CT molecular complexity index is 516. The largest absolute Gasteiger partial charge is 0.241 e. The molecule has 2 heteroatoms. The minimum absolute atomic E-state index is 0.705. The molecule has 0 saturated heterocycles. The van der Waals surface area contributed by atoms with E-state index in [-0.39, 0.29) is 0 Å². The van der Waals surface area contributed by atoms with Crippen molar-refractivity contribution in [1.29, 1.82) is 0 Å². The van der Waals surface area contributed by atoms with Crippen LogP contribution in [-0.2, 0) is 0 Å². The summed E-state index contributed by atoms with van der Waals surface area (Å²) in [7, 11) is 0. The molecule has 16 heavy (non-hydrogen) atoms. The molecule has 0 aliphatic heterocycles. The Balaban J connectivity index is 0.00000106. The zero-order valence-corrected chi connectivity index (χ0v) is 10.5. The van der Waals surface area contributed by atoms with E-state index < -0.39 is 0 Å². The Morgan fingerprint density at radius 1 is 1.44 bits per heavy atom. The molecule has 0 radical (unpaired) electrons. The van der Waals surface area contributed by atoms with Gasteiger partial charge in [-0.2, -0.15) is 0 Å². The summed E-state index contributed by atoms with van der Waals surface area (Å²) in [4.78, 5) is 8.23. The van der Waals surface area contributed by atoms with Crippen molar-refractivity contribution in [3.05, 3.63) is 34.7 Å². The van der Waals surface area contributed by atoms with Crippen LogP contribution in [0.1, 0.15) is 26.6 Å². The summed E-state index contributed by atoms with van der Waals surface area (Å²) in [5, 5.41) is 1.57. The van der Waals surface area contributed by atoms with Gasteiger partial charge in [0.1, 0.15) is 5.82 Å². The molecule has 0 saturated carbocycles. The van der Waals surface area contributed by atoms with Gasteiger partial charge in [-0.1, -0.05) is 32.9 Å². The average molecular weight is 214 g/mol. The molecule has 0 amide bonds. The predicted octanol–water partition coefficient (Wildman–Crippen LogP) is 1.58. The van der Waals surface area contributed by atoms with Gasteiger partial charge in [0.25, 0.3) is 0 Å². The fraction of sp³-hybridized carbons (Fsp3) is 0.286. The summed E-state index contributed by atoms with van der Waals surface area (Å²) in [5.74, 6) is 6.35. The lowest BCUT2D eigenvalue weighted by Crippen LogP contribution is -2.28. The van der Waals surface area contributed by atoms with Crippen LogP contribution < -0.4 is 10.6 Å². The summed E-state index contributed by atoms with van der Waals surface area (Å²) in [6.07, 6.45) is 3.56. The number of nitrogens with zero attached hydrogens (tertiary/aromatic N) is 2. The molecule has 0 aliphatic rings. The quantitative estimate of drug-likeness (QED) is 0.663. The first-order chi connectivity index (χ1) is 7.63. The zero-order chi connectivity index (χ0) is 12.6. The molecular formula is C14H18N2. The molecule has 0 spiro atoms. The van der Waals surface area contributed by atoms with E-state index in [4.69, 9.17) is 0 Å². The van der Waals surface area contributed by atoms with Crippen LogP contribution in [0.5, 0.6) is 0 Å². The SMILES string of the molecule is C=C(C#CC)/C=c1/cnc(C)nc1=C.CC. The van der Waals surface area contributed by atoms with Gasteiger partial charge in [0, 0.05) is 17.0 Å². The molecule has 1 rings (SSSR count). The van der Waals surface area contributed by atoms with Crippen LogP contribution >= 0.6 is 0 Å². The van der Waals surface area contributed by atoms with E-state index in [0.717, 1.165) is 16.6 Å². The van der Waals surface area contributed by atoms with Crippen LogP contribution in [0.2, 0.25) is 0 Å². The number of hydrogen-bond donors (Lipinski definition) is 0. The molecule has 0 fully saturated rings. The third kappa shape index (κ3) is 4.56. The molecule has 0 aliphatic carbocycles. The highest BCUT2D eigenvalue weighted by atomic mass is 14.8. The van der Waals surface area contributed by atoms with Gasteiger partial charge in [-0.3, -0.25) is 0 Å². The Morgan fingerprint density at radius 3 is 2.56 bits per heavy atom. The van der Waals surface area contributed by atoms with Gasteiger partial charge < -0.3 is 0 Å². The van der Waals surface area contributed by atoms with Gasteiger partial charge in [0.2, 0.25) is 0 Å². The lowest BCUT2D eigenvalue weighted by Gasteiger charge is -1.91. The molecule has 0 unspecified atom stereocenters. The van der Waals surface area contributed by atoms with Crippen molar-refractivity contribution >= 4 is 12.7 Å². The molecule has 1 aromatic rings. The Morgan fingerprint density at radius 2 is 2.06 bits per heavy atom. The van der Waals surface area contributed by atoms with Crippen molar-refractivity contribution in [2.24, 2.45) is 0 Å². The van der Waals surface area contributed by atoms with Crippen molar-refractivity contribution in [3.63, 3.8) is 0 Å². The lowest BCUT2D eigenvalue weighted by atomic mass is 10.2. The number of hydrogen-bond acceptors (Lipinski definition) is 2. The van der Waals surface area contributed by atoms with Crippen LogP contribution in [-0.4, -0.2) is 9.97 Å². The Labute approximate surface area is 97.5 Å².